The summed E-state index contributed by atoms with van der Waals surface area (Å²) in [5.41, 5.74) is 6.66. The zero-order valence-corrected chi connectivity index (χ0v) is 15.3. The summed E-state index contributed by atoms with van der Waals surface area (Å²) in [5.74, 6) is 1.66. The Labute approximate surface area is 153 Å². The third-order valence-electron chi connectivity index (χ3n) is 2.78. The Morgan fingerprint density at radius 3 is 2.72 bits per heavy atom. The van der Waals surface area contributed by atoms with Crippen molar-refractivity contribution in [3.63, 3.8) is 0 Å². The van der Waals surface area contributed by atoms with Gasteiger partial charge in [-0.3, -0.25) is 0 Å². The number of rotatable bonds is 7. The molecule has 0 radical (unpaired) electrons. The maximum Gasteiger partial charge on any atom is 0.295 e. The molecule has 0 unspecified atom stereocenters. The number of benzene rings is 1. The molecule has 0 spiro atoms. The van der Waals surface area contributed by atoms with Crippen LogP contribution >= 0.6 is 23.1 Å². The predicted molar refractivity (Wildman–Crippen MR) is 99.2 cm³/mol. The number of nitrogens with two attached hydrogens (primary N) is 1. The van der Waals surface area contributed by atoms with Crippen LogP contribution < -0.4 is 15.8 Å². The number of anilines is 3. The topological polar surface area (TPSA) is 112 Å². The van der Waals surface area contributed by atoms with Crippen molar-refractivity contribution in [2.24, 2.45) is 0 Å². The van der Waals surface area contributed by atoms with Gasteiger partial charge >= 0.3 is 0 Å². The zero-order chi connectivity index (χ0) is 17.6. The molecule has 0 fully saturated rings. The molecule has 8 nitrogen and oxygen atoms in total. The summed E-state index contributed by atoms with van der Waals surface area (Å²) in [6.07, 6.45) is 0.0701. The highest BCUT2D eigenvalue weighted by atomic mass is 32.2. The summed E-state index contributed by atoms with van der Waals surface area (Å²) in [4.78, 5) is 12.7. The van der Waals surface area contributed by atoms with Crippen molar-refractivity contribution in [3.05, 3.63) is 36.2 Å². The molecule has 0 aliphatic carbocycles. The van der Waals surface area contributed by atoms with Gasteiger partial charge in [0.2, 0.25) is 11.9 Å². The maximum absolute atomic E-state index is 5.78. The van der Waals surface area contributed by atoms with E-state index in [1.54, 1.807) is 0 Å². The van der Waals surface area contributed by atoms with Crippen LogP contribution in [0.1, 0.15) is 19.7 Å². The van der Waals surface area contributed by atoms with Crippen LogP contribution in [0.5, 0.6) is 5.19 Å². The van der Waals surface area contributed by atoms with E-state index in [1.165, 1.54) is 23.1 Å². The van der Waals surface area contributed by atoms with Gasteiger partial charge in [0, 0.05) is 5.69 Å². The number of aromatic nitrogens is 5. The van der Waals surface area contributed by atoms with Crippen LogP contribution in [0.2, 0.25) is 0 Å². The Morgan fingerprint density at radius 1 is 1.16 bits per heavy atom. The number of nitrogens with zero attached hydrogens (tertiary/aromatic N) is 5. The van der Waals surface area contributed by atoms with Crippen molar-refractivity contribution < 1.29 is 4.74 Å². The molecule has 0 aliphatic heterocycles. The summed E-state index contributed by atoms with van der Waals surface area (Å²) >= 11 is 2.87. The smallest absolute Gasteiger partial charge is 0.295 e. The van der Waals surface area contributed by atoms with E-state index in [0.717, 1.165) is 10.0 Å². The first-order chi connectivity index (χ1) is 12.1. The van der Waals surface area contributed by atoms with Gasteiger partial charge in [-0.15, -0.1) is 5.10 Å². The Kier molecular flexibility index (Phi) is 5.61. The van der Waals surface area contributed by atoms with Gasteiger partial charge in [0.25, 0.3) is 5.19 Å². The van der Waals surface area contributed by atoms with Gasteiger partial charge in [0.05, 0.1) is 11.9 Å². The third kappa shape index (κ3) is 5.26. The standard InChI is InChI=1S/C15H17N7OS2/c1-9(2)23-14-21-22-15(25-14)24-8-11-18-12(16)20-13(19-11)17-10-6-4-3-5-7-10/h3-7,9H,8H2,1-2H3,(H3,16,17,18,19,20). The zero-order valence-electron chi connectivity index (χ0n) is 13.7. The Bertz CT molecular complexity index is 826. The summed E-state index contributed by atoms with van der Waals surface area (Å²) in [6, 6.07) is 9.64. The molecule has 2 aromatic heterocycles. The normalized spacial score (nSPS) is 10.8. The van der Waals surface area contributed by atoms with E-state index in [2.05, 4.69) is 30.5 Å². The van der Waals surface area contributed by atoms with Crippen molar-refractivity contribution >= 4 is 40.7 Å². The van der Waals surface area contributed by atoms with Crippen molar-refractivity contribution in [1.29, 1.82) is 0 Å². The molecular formula is C15H17N7OS2. The molecule has 0 aliphatic rings. The molecule has 25 heavy (non-hydrogen) atoms. The quantitative estimate of drug-likeness (QED) is 0.601. The highest BCUT2D eigenvalue weighted by Gasteiger charge is 2.10. The van der Waals surface area contributed by atoms with E-state index in [1.807, 2.05) is 44.2 Å². The fourth-order valence-electron chi connectivity index (χ4n) is 1.84. The van der Waals surface area contributed by atoms with Gasteiger partial charge < -0.3 is 15.8 Å². The van der Waals surface area contributed by atoms with Gasteiger partial charge in [-0.05, 0) is 37.3 Å². The molecule has 1 aromatic carbocycles. The van der Waals surface area contributed by atoms with E-state index >= 15 is 0 Å². The maximum atomic E-state index is 5.78. The second-order valence-corrected chi connectivity index (χ2v) is 7.38. The molecule has 0 saturated carbocycles. The number of nitrogen functional groups attached to an aromatic ring is 1. The van der Waals surface area contributed by atoms with Crippen LogP contribution in [0, 0.1) is 0 Å². The first-order valence-corrected chi connectivity index (χ1v) is 9.34. The van der Waals surface area contributed by atoms with E-state index in [4.69, 9.17) is 10.5 Å². The van der Waals surface area contributed by atoms with Gasteiger partial charge in [0.15, 0.2) is 4.34 Å². The van der Waals surface area contributed by atoms with E-state index < -0.39 is 0 Å². The average molecular weight is 375 g/mol. The minimum Gasteiger partial charge on any atom is -0.466 e. The van der Waals surface area contributed by atoms with Crippen LogP contribution in [0.15, 0.2) is 34.7 Å². The van der Waals surface area contributed by atoms with Gasteiger partial charge in [-0.2, -0.15) is 15.0 Å². The van der Waals surface area contributed by atoms with E-state index in [9.17, 15) is 0 Å². The number of nitrogens with one attached hydrogen (secondary N) is 1. The summed E-state index contributed by atoms with van der Waals surface area (Å²) in [6.45, 7) is 3.89. The summed E-state index contributed by atoms with van der Waals surface area (Å²) in [7, 11) is 0. The van der Waals surface area contributed by atoms with Crippen LogP contribution in [0.4, 0.5) is 17.6 Å². The average Bonchev–Trinajstić information content (AvgIpc) is 3.00. The van der Waals surface area contributed by atoms with Crippen LogP contribution in [0.25, 0.3) is 0 Å². The first-order valence-electron chi connectivity index (χ1n) is 7.54. The Hall–Kier alpha value is -2.46. The number of thioether (sulfide) groups is 1. The van der Waals surface area contributed by atoms with Gasteiger partial charge in [0.1, 0.15) is 5.82 Å². The molecule has 3 N–H and O–H groups in total. The highest BCUT2D eigenvalue weighted by molar-refractivity contribution is 8.00. The lowest BCUT2D eigenvalue weighted by molar-refractivity contribution is 0.239. The summed E-state index contributed by atoms with van der Waals surface area (Å²) < 4.78 is 6.30. The fraction of sp³-hybridized carbons (Fsp3) is 0.267. The van der Waals surface area contributed by atoms with Gasteiger partial charge in [-0.25, -0.2) is 0 Å². The molecule has 3 rings (SSSR count). The molecule has 0 saturated heterocycles. The monoisotopic (exact) mass is 375 g/mol. The lowest BCUT2D eigenvalue weighted by Crippen LogP contribution is -2.06. The number of para-hydroxylation sites is 1. The van der Waals surface area contributed by atoms with Crippen molar-refractivity contribution in [1.82, 2.24) is 25.1 Å². The second kappa shape index (κ2) is 8.08. The minimum atomic E-state index is 0.0701. The summed E-state index contributed by atoms with van der Waals surface area (Å²) in [5, 5.41) is 11.7. The SMILES string of the molecule is CC(C)Oc1nnc(SCc2nc(N)nc(Nc3ccccc3)n2)s1. The number of hydrogen-bond donors (Lipinski definition) is 2. The highest BCUT2D eigenvalue weighted by Crippen LogP contribution is 2.29. The van der Waals surface area contributed by atoms with Crippen LogP contribution in [0.3, 0.4) is 0 Å². The molecule has 130 valence electrons. The van der Waals surface area contributed by atoms with E-state index in [0.29, 0.717) is 22.7 Å². The van der Waals surface area contributed by atoms with Crippen LogP contribution in [-0.2, 0) is 5.75 Å². The first kappa shape index (κ1) is 17.4. The predicted octanol–water partition coefficient (Wildman–Crippen LogP) is 3.13. The van der Waals surface area contributed by atoms with E-state index in [-0.39, 0.29) is 12.1 Å². The molecule has 3 aromatic rings. The largest absolute Gasteiger partial charge is 0.466 e. The Morgan fingerprint density at radius 2 is 1.96 bits per heavy atom. The molecule has 10 heteroatoms. The van der Waals surface area contributed by atoms with Crippen molar-refractivity contribution in [2.75, 3.05) is 11.1 Å². The lowest BCUT2D eigenvalue weighted by atomic mass is 10.3. The molecule has 2 heterocycles. The molecular weight excluding hydrogens is 358 g/mol. The molecule has 0 atom stereocenters. The number of ether oxygens (including phenoxy) is 1. The van der Waals surface area contributed by atoms with Gasteiger partial charge in [-0.1, -0.05) is 35.1 Å². The second-order valence-electron chi connectivity index (χ2n) is 5.21. The van der Waals surface area contributed by atoms with Crippen molar-refractivity contribution in [2.45, 2.75) is 30.0 Å². The third-order valence-corrected chi connectivity index (χ3v) is 4.72. The molecule has 0 bridgehead atoms. The fourth-order valence-corrected chi connectivity index (χ4v) is 3.50. The van der Waals surface area contributed by atoms with Crippen molar-refractivity contribution in [3.8, 4) is 5.19 Å². The minimum absolute atomic E-state index is 0.0701. The Balaban J connectivity index is 1.65. The number of hydrogen-bond acceptors (Lipinski definition) is 10. The molecule has 0 amide bonds. The lowest BCUT2D eigenvalue weighted by Gasteiger charge is -2.06. The van der Waals surface area contributed by atoms with Crippen LogP contribution in [-0.4, -0.2) is 31.3 Å².